The summed E-state index contributed by atoms with van der Waals surface area (Å²) in [5.41, 5.74) is 1.84. The van der Waals surface area contributed by atoms with Crippen LogP contribution in [0.2, 0.25) is 0 Å². The fourth-order valence-corrected chi connectivity index (χ4v) is 2.62. The van der Waals surface area contributed by atoms with E-state index in [9.17, 15) is 13.2 Å². The fraction of sp³-hybridized carbons (Fsp3) is 0.636. The summed E-state index contributed by atoms with van der Waals surface area (Å²) in [6.07, 6.45) is 2.85. The smallest absolute Gasteiger partial charge is 0.267 e. The van der Waals surface area contributed by atoms with Crippen molar-refractivity contribution in [3.8, 4) is 0 Å². The Morgan fingerprint density at radius 2 is 2.22 bits per heavy atom. The zero-order valence-electron chi connectivity index (χ0n) is 10.3. The van der Waals surface area contributed by atoms with Crippen LogP contribution in [0.3, 0.4) is 0 Å². The molecule has 0 spiro atoms. The predicted molar refractivity (Wildman–Crippen MR) is 68.0 cm³/mol. The van der Waals surface area contributed by atoms with Crippen LogP contribution in [0.5, 0.6) is 0 Å². The Morgan fingerprint density at radius 3 is 2.94 bits per heavy atom. The molecule has 7 heteroatoms. The van der Waals surface area contributed by atoms with Crippen LogP contribution in [0.1, 0.15) is 24.6 Å². The van der Waals surface area contributed by atoms with Gasteiger partial charge in [0.15, 0.2) is 0 Å². The van der Waals surface area contributed by atoms with Gasteiger partial charge in [0.25, 0.3) is 5.56 Å². The molecule has 100 valence electrons. The van der Waals surface area contributed by atoms with E-state index in [1.807, 2.05) is 0 Å². The molecule has 0 aromatic carbocycles. The van der Waals surface area contributed by atoms with Crippen molar-refractivity contribution in [3.63, 3.8) is 0 Å². The molecule has 2 rings (SSSR count). The molecule has 1 aliphatic carbocycles. The van der Waals surface area contributed by atoms with E-state index in [1.54, 1.807) is 13.0 Å². The van der Waals surface area contributed by atoms with Crippen LogP contribution in [0.15, 0.2) is 10.9 Å². The molecule has 1 aromatic rings. The highest BCUT2D eigenvalue weighted by atomic mass is 32.2. The SMILES string of the molecule is CCS(=O)(=O)NCCn1nc2c(cc1=O)CCC2. The molecule has 0 aliphatic heterocycles. The summed E-state index contributed by atoms with van der Waals surface area (Å²) >= 11 is 0. The van der Waals surface area contributed by atoms with Crippen LogP contribution in [-0.4, -0.2) is 30.5 Å². The van der Waals surface area contributed by atoms with Gasteiger partial charge in [-0.2, -0.15) is 5.10 Å². The van der Waals surface area contributed by atoms with E-state index in [-0.39, 0.29) is 24.4 Å². The van der Waals surface area contributed by atoms with Crippen molar-refractivity contribution < 1.29 is 8.42 Å². The minimum Gasteiger partial charge on any atom is -0.268 e. The molecule has 0 saturated carbocycles. The maximum Gasteiger partial charge on any atom is 0.267 e. The van der Waals surface area contributed by atoms with Gasteiger partial charge in [-0.05, 0) is 31.7 Å². The minimum atomic E-state index is -3.21. The highest BCUT2D eigenvalue weighted by Crippen LogP contribution is 2.16. The largest absolute Gasteiger partial charge is 0.268 e. The van der Waals surface area contributed by atoms with Gasteiger partial charge in [0.2, 0.25) is 10.0 Å². The van der Waals surface area contributed by atoms with Gasteiger partial charge in [0.1, 0.15) is 0 Å². The molecule has 0 amide bonds. The summed E-state index contributed by atoms with van der Waals surface area (Å²) in [4.78, 5) is 11.7. The lowest BCUT2D eigenvalue weighted by Gasteiger charge is -2.07. The number of rotatable bonds is 5. The van der Waals surface area contributed by atoms with Gasteiger partial charge in [-0.1, -0.05) is 0 Å². The van der Waals surface area contributed by atoms with Crippen molar-refractivity contribution in [2.24, 2.45) is 0 Å². The van der Waals surface area contributed by atoms with E-state index < -0.39 is 10.0 Å². The molecule has 18 heavy (non-hydrogen) atoms. The van der Waals surface area contributed by atoms with E-state index in [2.05, 4.69) is 9.82 Å². The van der Waals surface area contributed by atoms with Crippen molar-refractivity contribution in [1.29, 1.82) is 0 Å². The Balaban J connectivity index is 2.05. The van der Waals surface area contributed by atoms with E-state index in [4.69, 9.17) is 0 Å². The predicted octanol–water partition coefficient (Wildman–Crippen LogP) is -0.329. The summed E-state index contributed by atoms with van der Waals surface area (Å²) in [5.74, 6) is 0.0412. The van der Waals surface area contributed by atoms with Crippen LogP contribution >= 0.6 is 0 Å². The Morgan fingerprint density at radius 1 is 1.44 bits per heavy atom. The van der Waals surface area contributed by atoms with Crippen molar-refractivity contribution in [2.45, 2.75) is 32.7 Å². The molecule has 0 radical (unpaired) electrons. The molecule has 1 aromatic heterocycles. The average molecular weight is 271 g/mol. The van der Waals surface area contributed by atoms with Crippen molar-refractivity contribution >= 4 is 10.0 Å². The monoisotopic (exact) mass is 271 g/mol. The molecule has 1 heterocycles. The molecule has 0 fully saturated rings. The highest BCUT2D eigenvalue weighted by Gasteiger charge is 2.14. The maximum absolute atomic E-state index is 11.7. The summed E-state index contributed by atoms with van der Waals surface area (Å²) in [6, 6.07) is 1.61. The van der Waals surface area contributed by atoms with Crippen LogP contribution in [0.25, 0.3) is 0 Å². The summed E-state index contributed by atoms with van der Waals surface area (Å²) in [6.45, 7) is 2.04. The van der Waals surface area contributed by atoms with Gasteiger partial charge in [-0.25, -0.2) is 17.8 Å². The number of hydrogen-bond acceptors (Lipinski definition) is 4. The molecule has 0 bridgehead atoms. The number of hydrogen-bond donors (Lipinski definition) is 1. The third-order valence-corrected chi connectivity index (χ3v) is 4.45. The maximum atomic E-state index is 11.7. The van der Waals surface area contributed by atoms with Gasteiger partial charge in [0.05, 0.1) is 18.0 Å². The second kappa shape index (κ2) is 5.19. The first kappa shape index (κ1) is 13.2. The van der Waals surface area contributed by atoms with Crippen LogP contribution in [0, 0.1) is 0 Å². The van der Waals surface area contributed by atoms with Crippen LogP contribution in [0.4, 0.5) is 0 Å². The number of aryl methyl sites for hydroxylation is 2. The number of aromatic nitrogens is 2. The second-order valence-electron chi connectivity index (χ2n) is 4.33. The lowest BCUT2D eigenvalue weighted by molar-refractivity contribution is 0.542. The molecule has 0 atom stereocenters. The van der Waals surface area contributed by atoms with Gasteiger partial charge < -0.3 is 0 Å². The first-order valence-electron chi connectivity index (χ1n) is 6.09. The quantitative estimate of drug-likeness (QED) is 0.795. The normalized spacial score (nSPS) is 14.7. The molecule has 1 aliphatic rings. The minimum absolute atomic E-state index is 0.0412. The van der Waals surface area contributed by atoms with E-state index in [0.717, 1.165) is 30.5 Å². The number of nitrogens with zero attached hydrogens (tertiary/aromatic N) is 2. The zero-order chi connectivity index (χ0) is 13.2. The Bertz CT molecular complexity index is 592. The third kappa shape index (κ3) is 2.97. The molecule has 0 unspecified atom stereocenters. The third-order valence-electron chi connectivity index (χ3n) is 3.05. The van der Waals surface area contributed by atoms with Crippen LogP contribution in [-0.2, 0) is 29.4 Å². The number of nitrogens with one attached hydrogen (secondary N) is 1. The van der Waals surface area contributed by atoms with Crippen LogP contribution < -0.4 is 10.3 Å². The summed E-state index contributed by atoms with van der Waals surface area (Å²) in [7, 11) is -3.21. The number of sulfonamides is 1. The van der Waals surface area contributed by atoms with Gasteiger partial charge in [-0.3, -0.25) is 4.79 Å². The molecular formula is C11H17N3O3S. The van der Waals surface area contributed by atoms with E-state index in [1.165, 1.54) is 4.68 Å². The fourth-order valence-electron chi connectivity index (χ4n) is 2.01. The lowest BCUT2D eigenvalue weighted by Crippen LogP contribution is -2.33. The van der Waals surface area contributed by atoms with Crippen molar-refractivity contribution in [3.05, 3.63) is 27.7 Å². The summed E-state index contributed by atoms with van der Waals surface area (Å²) in [5, 5.41) is 4.27. The molecule has 1 N–H and O–H groups in total. The Hall–Kier alpha value is -1.21. The van der Waals surface area contributed by atoms with Crippen molar-refractivity contribution in [1.82, 2.24) is 14.5 Å². The topological polar surface area (TPSA) is 81.1 Å². The Kier molecular flexibility index (Phi) is 3.82. The van der Waals surface area contributed by atoms with E-state index >= 15 is 0 Å². The standard InChI is InChI=1S/C11H17N3O3S/c1-2-18(16,17)12-6-7-14-11(15)8-9-4-3-5-10(9)13-14/h8,12H,2-7H2,1H3. The first-order chi connectivity index (χ1) is 8.52. The van der Waals surface area contributed by atoms with Crippen molar-refractivity contribution in [2.75, 3.05) is 12.3 Å². The first-order valence-corrected chi connectivity index (χ1v) is 7.74. The molecule has 6 nitrogen and oxygen atoms in total. The summed E-state index contributed by atoms with van der Waals surface area (Å²) < 4.78 is 26.2. The number of fused-ring (bicyclic) bond motifs is 1. The zero-order valence-corrected chi connectivity index (χ0v) is 11.2. The van der Waals surface area contributed by atoms with Gasteiger partial charge in [-0.15, -0.1) is 0 Å². The highest BCUT2D eigenvalue weighted by molar-refractivity contribution is 7.89. The molecular weight excluding hydrogens is 254 g/mol. The van der Waals surface area contributed by atoms with Gasteiger partial charge >= 0.3 is 0 Å². The Labute approximate surface area is 106 Å². The lowest BCUT2D eigenvalue weighted by atomic mass is 10.2. The average Bonchev–Trinajstić information content (AvgIpc) is 2.76. The van der Waals surface area contributed by atoms with E-state index in [0.29, 0.717) is 0 Å². The van der Waals surface area contributed by atoms with Gasteiger partial charge in [0, 0.05) is 12.6 Å². The second-order valence-corrected chi connectivity index (χ2v) is 6.42. The molecule has 0 saturated heterocycles.